The third-order valence-corrected chi connectivity index (χ3v) is 5.65. The summed E-state index contributed by atoms with van der Waals surface area (Å²) in [5.74, 6) is 2.41. The number of pyridine rings is 3. The number of nitrogens with two attached hydrogens (primary N) is 2. The lowest BCUT2D eigenvalue weighted by atomic mass is 10.1. The molecule has 0 aliphatic carbocycles. The number of rotatable bonds is 10. The molecule has 3 heterocycles. The van der Waals surface area contributed by atoms with Gasteiger partial charge in [0.05, 0.1) is 41.4 Å². The van der Waals surface area contributed by atoms with Crippen LogP contribution in [0.3, 0.4) is 0 Å². The van der Waals surface area contributed by atoms with E-state index in [1.165, 1.54) is 5.56 Å². The fourth-order valence-electron chi connectivity index (χ4n) is 3.69. The maximum absolute atomic E-state index is 5.97. The van der Waals surface area contributed by atoms with Crippen molar-refractivity contribution < 1.29 is 9.47 Å². The molecule has 0 saturated heterocycles. The van der Waals surface area contributed by atoms with E-state index in [2.05, 4.69) is 44.6 Å². The fraction of sp³-hybridized carbons (Fsp3) is 0.323. The molecule has 2 atom stereocenters. The summed E-state index contributed by atoms with van der Waals surface area (Å²) in [5.41, 5.74) is 15.2. The Morgan fingerprint density at radius 1 is 0.600 bits per heavy atom. The summed E-state index contributed by atoms with van der Waals surface area (Å²) in [6, 6.07) is 23.3. The van der Waals surface area contributed by atoms with Gasteiger partial charge in [0.2, 0.25) is 11.8 Å². The lowest BCUT2D eigenvalue weighted by Gasteiger charge is -2.17. The minimum Gasteiger partial charge on any atom is -0.475 e. The molecule has 0 saturated carbocycles. The van der Waals surface area contributed by atoms with Crippen LogP contribution in [0.15, 0.2) is 79.0 Å². The van der Waals surface area contributed by atoms with E-state index >= 15 is 0 Å². The minimum atomic E-state index is 0.0142. The van der Waals surface area contributed by atoms with Gasteiger partial charge >= 0.3 is 0 Å². The number of nitrogens with one attached hydrogen (secondary N) is 2. The molecule has 0 spiro atoms. The molecule has 0 aliphatic rings. The van der Waals surface area contributed by atoms with Gasteiger partial charge in [0.25, 0.3) is 0 Å². The summed E-state index contributed by atoms with van der Waals surface area (Å²) in [6.45, 7) is 11.9. The van der Waals surface area contributed by atoms with Crippen molar-refractivity contribution in [3.63, 3.8) is 0 Å². The minimum absolute atomic E-state index is 0.0142. The van der Waals surface area contributed by atoms with E-state index in [-0.39, 0.29) is 24.3 Å². The van der Waals surface area contributed by atoms with Gasteiger partial charge in [-0.3, -0.25) is 4.98 Å². The van der Waals surface area contributed by atoms with E-state index in [0.29, 0.717) is 34.8 Å². The summed E-state index contributed by atoms with van der Waals surface area (Å²) in [6.07, 6.45) is 1.93. The molecule has 6 N–H and O–H groups in total. The van der Waals surface area contributed by atoms with Crippen LogP contribution in [0.2, 0.25) is 0 Å². The molecule has 0 bridgehead atoms. The van der Waals surface area contributed by atoms with Gasteiger partial charge in [-0.15, -0.1) is 0 Å². The number of nitrogen functional groups attached to an aromatic ring is 2. The van der Waals surface area contributed by atoms with Crippen LogP contribution < -0.4 is 31.6 Å². The zero-order valence-electron chi connectivity index (χ0n) is 24.1. The largest absolute Gasteiger partial charge is 0.475 e. The van der Waals surface area contributed by atoms with Crippen molar-refractivity contribution in [3.8, 4) is 11.8 Å². The maximum atomic E-state index is 5.97. The van der Waals surface area contributed by atoms with Gasteiger partial charge in [0.1, 0.15) is 0 Å². The summed E-state index contributed by atoms with van der Waals surface area (Å²) >= 11 is 0. The van der Waals surface area contributed by atoms with Crippen molar-refractivity contribution in [2.24, 2.45) is 0 Å². The van der Waals surface area contributed by atoms with Crippen LogP contribution >= 0.6 is 0 Å². The van der Waals surface area contributed by atoms with Gasteiger partial charge in [-0.25, -0.2) is 0 Å². The lowest BCUT2D eigenvalue weighted by Crippen LogP contribution is -2.13. The molecule has 1 aromatic carbocycles. The maximum Gasteiger partial charge on any atom is 0.215 e. The Kier molecular flexibility index (Phi) is 10.9. The summed E-state index contributed by atoms with van der Waals surface area (Å²) in [5, 5.41) is 6.59. The second-order valence-corrected chi connectivity index (χ2v) is 9.91. The molecule has 0 aliphatic heterocycles. The van der Waals surface area contributed by atoms with E-state index < -0.39 is 0 Å². The van der Waals surface area contributed by atoms with E-state index in [0.717, 1.165) is 5.69 Å². The smallest absolute Gasteiger partial charge is 0.215 e. The van der Waals surface area contributed by atoms with E-state index in [1.54, 1.807) is 24.4 Å². The Morgan fingerprint density at radius 2 is 1.10 bits per heavy atom. The Balaban J connectivity index is 0.000000220. The monoisotopic (exact) mass is 543 g/mol. The molecule has 0 amide bonds. The van der Waals surface area contributed by atoms with Gasteiger partial charge in [-0.1, -0.05) is 36.4 Å². The highest BCUT2D eigenvalue weighted by molar-refractivity contribution is 5.63. The first-order chi connectivity index (χ1) is 19.1. The zero-order chi connectivity index (χ0) is 29.1. The quantitative estimate of drug-likeness (QED) is 0.174. The fourth-order valence-corrected chi connectivity index (χ4v) is 3.69. The summed E-state index contributed by atoms with van der Waals surface area (Å²) in [4.78, 5) is 13.1. The molecule has 2 unspecified atom stereocenters. The summed E-state index contributed by atoms with van der Waals surface area (Å²) in [7, 11) is 0. The first-order valence-electron chi connectivity index (χ1n) is 13.5. The SMILES string of the molecule is CC(C)Oc1ccc(N)c(NC(C)c2ccccc2)n1.CC(C)Oc1ccc(N)c(NC(C)c2ccccn2)n1. The predicted octanol–water partition coefficient (Wildman–Crippen LogP) is 6.64. The van der Waals surface area contributed by atoms with Crippen LogP contribution in [0.1, 0.15) is 64.9 Å². The van der Waals surface area contributed by atoms with Crippen LogP contribution in [-0.4, -0.2) is 27.2 Å². The molecular weight excluding hydrogens is 502 g/mol. The normalized spacial score (nSPS) is 12.2. The number of hydrogen-bond acceptors (Lipinski definition) is 9. The lowest BCUT2D eigenvalue weighted by molar-refractivity contribution is 0.232. The molecule has 4 rings (SSSR count). The first kappa shape index (κ1) is 30.0. The van der Waals surface area contributed by atoms with Crippen molar-refractivity contribution in [3.05, 3.63) is 90.3 Å². The number of nitrogens with zero attached hydrogens (tertiary/aromatic N) is 3. The third kappa shape index (κ3) is 9.34. The molecule has 212 valence electrons. The van der Waals surface area contributed by atoms with Gasteiger partial charge in [-0.05, 0) is 71.4 Å². The highest BCUT2D eigenvalue weighted by atomic mass is 16.5. The number of aromatic nitrogens is 3. The Labute approximate surface area is 237 Å². The van der Waals surface area contributed by atoms with E-state index in [4.69, 9.17) is 20.9 Å². The Morgan fingerprint density at radius 3 is 1.57 bits per heavy atom. The van der Waals surface area contributed by atoms with Crippen LogP contribution in [0.4, 0.5) is 23.0 Å². The predicted molar refractivity (Wildman–Crippen MR) is 164 cm³/mol. The number of hydrogen-bond donors (Lipinski definition) is 4. The van der Waals surface area contributed by atoms with Crippen molar-refractivity contribution in [1.82, 2.24) is 15.0 Å². The molecule has 40 heavy (non-hydrogen) atoms. The highest BCUT2D eigenvalue weighted by Crippen LogP contribution is 2.26. The highest BCUT2D eigenvalue weighted by Gasteiger charge is 2.12. The van der Waals surface area contributed by atoms with Crippen LogP contribution in [0.25, 0.3) is 0 Å². The van der Waals surface area contributed by atoms with Gasteiger partial charge < -0.3 is 31.6 Å². The van der Waals surface area contributed by atoms with Crippen molar-refractivity contribution >= 4 is 23.0 Å². The van der Waals surface area contributed by atoms with Gasteiger partial charge in [0.15, 0.2) is 11.6 Å². The summed E-state index contributed by atoms with van der Waals surface area (Å²) < 4.78 is 11.2. The molecular formula is C31H41N7O2. The third-order valence-electron chi connectivity index (χ3n) is 5.65. The molecule has 0 fully saturated rings. The zero-order valence-corrected chi connectivity index (χ0v) is 24.1. The molecule has 4 aromatic rings. The van der Waals surface area contributed by atoms with E-state index in [9.17, 15) is 0 Å². The Hall–Kier alpha value is -4.53. The standard InChI is InChI=1S/C16H21N3O.C15H20N4O/c1-11(2)20-15-10-9-14(17)16(19-15)18-12(3)13-7-5-4-6-8-13;1-10(2)20-14-8-7-12(16)15(19-14)18-11(3)13-6-4-5-9-17-13/h4-12H,17H2,1-3H3,(H,18,19);4-11H,16H2,1-3H3,(H,18,19). The Bertz CT molecular complexity index is 1220. The number of ether oxygens (including phenoxy) is 2. The molecule has 3 aromatic heterocycles. The average molecular weight is 544 g/mol. The van der Waals surface area contributed by atoms with Crippen molar-refractivity contribution in [1.29, 1.82) is 0 Å². The number of benzene rings is 1. The van der Waals surface area contributed by atoms with Crippen LogP contribution in [0.5, 0.6) is 11.8 Å². The van der Waals surface area contributed by atoms with Crippen molar-refractivity contribution in [2.45, 2.75) is 65.8 Å². The average Bonchev–Trinajstić information content (AvgIpc) is 2.93. The second-order valence-electron chi connectivity index (χ2n) is 9.91. The van der Waals surface area contributed by atoms with Crippen LogP contribution in [0, 0.1) is 0 Å². The number of anilines is 4. The van der Waals surface area contributed by atoms with Gasteiger partial charge in [0, 0.05) is 18.3 Å². The van der Waals surface area contributed by atoms with Crippen molar-refractivity contribution in [2.75, 3.05) is 22.1 Å². The molecule has 9 nitrogen and oxygen atoms in total. The van der Waals surface area contributed by atoms with Gasteiger partial charge in [-0.2, -0.15) is 9.97 Å². The second kappa shape index (κ2) is 14.6. The van der Waals surface area contributed by atoms with E-state index in [1.807, 2.05) is 77.1 Å². The first-order valence-corrected chi connectivity index (χ1v) is 13.5. The topological polar surface area (TPSA) is 133 Å². The van der Waals surface area contributed by atoms with Crippen LogP contribution in [-0.2, 0) is 0 Å². The molecule has 0 radical (unpaired) electrons. The molecule has 9 heteroatoms.